The van der Waals surface area contributed by atoms with Crippen molar-refractivity contribution in [1.82, 2.24) is 0 Å². The number of aryl methyl sites for hydroxylation is 1. The molecule has 1 aromatic rings. The third-order valence-corrected chi connectivity index (χ3v) is 2.71. The highest BCUT2D eigenvalue weighted by Gasteiger charge is 2.32. The fourth-order valence-corrected chi connectivity index (χ4v) is 1.76. The van der Waals surface area contributed by atoms with Gasteiger partial charge in [-0.1, -0.05) is 29.8 Å². The summed E-state index contributed by atoms with van der Waals surface area (Å²) >= 11 is 0. The first-order chi connectivity index (χ1) is 6.31. The SMILES string of the molecule is COC(c1ccc(C)cc1)C1CC1. The van der Waals surface area contributed by atoms with E-state index in [1.54, 1.807) is 0 Å². The molecule has 0 aromatic heterocycles. The normalized spacial score (nSPS) is 18.6. The Hall–Kier alpha value is -0.820. The molecule has 1 atom stereocenters. The highest BCUT2D eigenvalue weighted by atomic mass is 16.5. The molecule has 0 saturated heterocycles. The Bertz CT molecular complexity index is 272. The van der Waals surface area contributed by atoms with Gasteiger partial charge in [-0.2, -0.15) is 0 Å². The van der Waals surface area contributed by atoms with Crippen LogP contribution in [0.5, 0.6) is 0 Å². The van der Waals surface area contributed by atoms with Gasteiger partial charge >= 0.3 is 0 Å². The first kappa shape index (κ1) is 8.76. The maximum Gasteiger partial charge on any atom is 0.0849 e. The maximum atomic E-state index is 5.50. The summed E-state index contributed by atoms with van der Waals surface area (Å²) in [5.41, 5.74) is 2.64. The minimum atomic E-state index is 0.334. The van der Waals surface area contributed by atoms with E-state index < -0.39 is 0 Å². The van der Waals surface area contributed by atoms with Crippen molar-refractivity contribution in [3.05, 3.63) is 35.4 Å². The molecule has 1 unspecified atom stereocenters. The van der Waals surface area contributed by atoms with Gasteiger partial charge in [0.05, 0.1) is 6.10 Å². The second-order valence-electron chi connectivity index (χ2n) is 3.90. The number of hydrogen-bond donors (Lipinski definition) is 0. The number of rotatable bonds is 3. The molecular formula is C12H16O. The van der Waals surface area contributed by atoms with Crippen LogP contribution in [0.1, 0.15) is 30.1 Å². The zero-order chi connectivity index (χ0) is 9.26. The van der Waals surface area contributed by atoms with Gasteiger partial charge in [-0.25, -0.2) is 0 Å². The Kier molecular flexibility index (Phi) is 2.36. The molecule has 0 N–H and O–H groups in total. The average molecular weight is 176 g/mol. The monoisotopic (exact) mass is 176 g/mol. The molecule has 70 valence electrons. The van der Waals surface area contributed by atoms with Gasteiger partial charge in [0.2, 0.25) is 0 Å². The van der Waals surface area contributed by atoms with Crippen LogP contribution in [-0.4, -0.2) is 7.11 Å². The maximum absolute atomic E-state index is 5.50. The minimum absolute atomic E-state index is 0.334. The van der Waals surface area contributed by atoms with Gasteiger partial charge in [0, 0.05) is 7.11 Å². The van der Waals surface area contributed by atoms with Crippen molar-refractivity contribution >= 4 is 0 Å². The van der Waals surface area contributed by atoms with Crippen LogP contribution in [0.15, 0.2) is 24.3 Å². The number of benzene rings is 1. The molecule has 0 radical (unpaired) electrons. The average Bonchev–Trinajstić information content (AvgIpc) is 2.93. The van der Waals surface area contributed by atoms with Crippen LogP contribution in [0.4, 0.5) is 0 Å². The summed E-state index contributed by atoms with van der Waals surface area (Å²) < 4.78 is 5.50. The lowest BCUT2D eigenvalue weighted by Gasteiger charge is -2.14. The Balaban J connectivity index is 2.17. The molecule has 1 heteroatoms. The van der Waals surface area contributed by atoms with Crippen LogP contribution >= 0.6 is 0 Å². The molecule has 2 rings (SSSR count). The smallest absolute Gasteiger partial charge is 0.0849 e. The zero-order valence-electron chi connectivity index (χ0n) is 8.29. The fraction of sp³-hybridized carbons (Fsp3) is 0.500. The van der Waals surface area contributed by atoms with Crippen LogP contribution in [0.3, 0.4) is 0 Å². The van der Waals surface area contributed by atoms with E-state index in [2.05, 4.69) is 31.2 Å². The van der Waals surface area contributed by atoms with E-state index in [0.717, 1.165) is 5.92 Å². The molecule has 1 nitrogen and oxygen atoms in total. The molecule has 1 aromatic carbocycles. The Morgan fingerprint density at radius 1 is 1.23 bits per heavy atom. The molecule has 1 aliphatic rings. The van der Waals surface area contributed by atoms with Crippen LogP contribution in [0, 0.1) is 12.8 Å². The third-order valence-electron chi connectivity index (χ3n) is 2.71. The largest absolute Gasteiger partial charge is 0.376 e. The first-order valence-corrected chi connectivity index (χ1v) is 4.90. The van der Waals surface area contributed by atoms with Gasteiger partial charge in [0.1, 0.15) is 0 Å². The molecule has 0 heterocycles. The van der Waals surface area contributed by atoms with E-state index in [0.29, 0.717) is 6.10 Å². The van der Waals surface area contributed by atoms with Gasteiger partial charge < -0.3 is 4.74 Å². The lowest BCUT2D eigenvalue weighted by atomic mass is 10.0. The van der Waals surface area contributed by atoms with E-state index in [4.69, 9.17) is 4.74 Å². The van der Waals surface area contributed by atoms with Gasteiger partial charge in [-0.15, -0.1) is 0 Å². The predicted molar refractivity (Wildman–Crippen MR) is 53.7 cm³/mol. The summed E-state index contributed by atoms with van der Waals surface area (Å²) in [5.74, 6) is 0.771. The molecule has 0 spiro atoms. The topological polar surface area (TPSA) is 9.23 Å². The molecule has 0 amide bonds. The Morgan fingerprint density at radius 2 is 1.85 bits per heavy atom. The number of hydrogen-bond acceptors (Lipinski definition) is 1. The van der Waals surface area contributed by atoms with E-state index in [9.17, 15) is 0 Å². The van der Waals surface area contributed by atoms with Crippen molar-refractivity contribution in [2.24, 2.45) is 5.92 Å². The van der Waals surface area contributed by atoms with E-state index in [1.165, 1.54) is 24.0 Å². The summed E-state index contributed by atoms with van der Waals surface area (Å²) in [6.07, 6.45) is 2.99. The van der Waals surface area contributed by atoms with Crippen LogP contribution < -0.4 is 0 Å². The second-order valence-corrected chi connectivity index (χ2v) is 3.90. The summed E-state index contributed by atoms with van der Waals surface area (Å²) in [7, 11) is 1.81. The van der Waals surface area contributed by atoms with Gasteiger partial charge in [-0.3, -0.25) is 0 Å². The molecule has 1 saturated carbocycles. The number of ether oxygens (including phenoxy) is 1. The fourth-order valence-electron chi connectivity index (χ4n) is 1.76. The lowest BCUT2D eigenvalue weighted by Crippen LogP contribution is -2.03. The second kappa shape index (κ2) is 3.51. The standard InChI is InChI=1S/C12H16O/c1-9-3-5-10(6-4-9)12(13-2)11-7-8-11/h3-6,11-12H,7-8H2,1-2H3. The first-order valence-electron chi connectivity index (χ1n) is 4.90. The van der Waals surface area contributed by atoms with Crippen LogP contribution in [0.25, 0.3) is 0 Å². The molecule has 1 aliphatic carbocycles. The van der Waals surface area contributed by atoms with Crippen molar-refractivity contribution in [2.45, 2.75) is 25.9 Å². The van der Waals surface area contributed by atoms with Crippen LogP contribution in [-0.2, 0) is 4.74 Å². The summed E-state index contributed by atoms with van der Waals surface area (Å²) in [5, 5.41) is 0. The highest BCUT2D eigenvalue weighted by molar-refractivity contribution is 5.24. The molecule has 13 heavy (non-hydrogen) atoms. The Labute approximate surface area is 79.7 Å². The molecule has 0 bridgehead atoms. The van der Waals surface area contributed by atoms with Crippen molar-refractivity contribution in [2.75, 3.05) is 7.11 Å². The molecule has 1 fully saturated rings. The van der Waals surface area contributed by atoms with Gasteiger partial charge in [0.15, 0.2) is 0 Å². The summed E-state index contributed by atoms with van der Waals surface area (Å²) in [6, 6.07) is 8.68. The van der Waals surface area contributed by atoms with Crippen molar-refractivity contribution in [1.29, 1.82) is 0 Å². The Morgan fingerprint density at radius 3 is 2.31 bits per heavy atom. The molecular weight excluding hydrogens is 160 g/mol. The highest BCUT2D eigenvalue weighted by Crippen LogP contribution is 2.42. The van der Waals surface area contributed by atoms with Crippen molar-refractivity contribution in [3.63, 3.8) is 0 Å². The van der Waals surface area contributed by atoms with Crippen LogP contribution in [0.2, 0.25) is 0 Å². The lowest BCUT2D eigenvalue weighted by molar-refractivity contribution is 0.0846. The van der Waals surface area contributed by atoms with Crippen molar-refractivity contribution in [3.8, 4) is 0 Å². The van der Waals surface area contributed by atoms with E-state index in [1.807, 2.05) is 7.11 Å². The van der Waals surface area contributed by atoms with E-state index >= 15 is 0 Å². The predicted octanol–water partition coefficient (Wildman–Crippen LogP) is 3.09. The van der Waals surface area contributed by atoms with Gasteiger partial charge in [-0.05, 0) is 31.2 Å². The third kappa shape index (κ3) is 1.92. The quantitative estimate of drug-likeness (QED) is 0.687. The number of methoxy groups -OCH3 is 1. The van der Waals surface area contributed by atoms with Gasteiger partial charge in [0.25, 0.3) is 0 Å². The molecule has 0 aliphatic heterocycles. The van der Waals surface area contributed by atoms with Crippen molar-refractivity contribution < 1.29 is 4.74 Å². The summed E-state index contributed by atoms with van der Waals surface area (Å²) in [6.45, 7) is 2.11. The minimum Gasteiger partial charge on any atom is -0.376 e. The van der Waals surface area contributed by atoms with E-state index in [-0.39, 0.29) is 0 Å². The summed E-state index contributed by atoms with van der Waals surface area (Å²) in [4.78, 5) is 0. The zero-order valence-corrected chi connectivity index (χ0v) is 8.29.